The normalized spacial score (nSPS) is 9.14. The second-order valence-electron chi connectivity index (χ2n) is 2.61. The van der Waals surface area contributed by atoms with Crippen LogP contribution in [0.15, 0.2) is 24.3 Å². The summed E-state index contributed by atoms with van der Waals surface area (Å²) in [4.78, 5) is 11.3. The Morgan fingerprint density at radius 3 is 2.57 bits per heavy atom. The van der Waals surface area contributed by atoms with Crippen molar-refractivity contribution in [3.63, 3.8) is 0 Å². The summed E-state index contributed by atoms with van der Waals surface area (Å²) in [5.74, 6) is 2.24. The summed E-state index contributed by atoms with van der Waals surface area (Å²) in [5, 5.41) is 0. The Balaban J connectivity index is 2.67. The molecular formula is C11H9ClO2. The van der Waals surface area contributed by atoms with Crippen LogP contribution in [0.3, 0.4) is 0 Å². The minimum absolute atomic E-state index is 0.00388. The number of ether oxygens (including phenoxy) is 1. The van der Waals surface area contributed by atoms with Gasteiger partial charge in [0.2, 0.25) is 0 Å². The van der Waals surface area contributed by atoms with Crippen LogP contribution in [0, 0.1) is 12.3 Å². The summed E-state index contributed by atoms with van der Waals surface area (Å²) in [6, 6.07) is 6.88. The number of halogens is 1. The van der Waals surface area contributed by atoms with Crippen molar-refractivity contribution in [1.82, 2.24) is 0 Å². The van der Waals surface area contributed by atoms with Crippen LogP contribution >= 0.6 is 11.6 Å². The molecule has 0 saturated carbocycles. The number of alkyl halides is 1. The summed E-state index contributed by atoms with van der Waals surface area (Å²) in [6.45, 7) is -0.00388. The molecule has 0 aliphatic heterocycles. The van der Waals surface area contributed by atoms with Crippen molar-refractivity contribution in [2.24, 2.45) is 0 Å². The van der Waals surface area contributed by atoms with Gasteiger partial charge in [-0.15, -0.1) is 18.0 Å². The highest BCUT2D eigenvalue weighted by Gasteiger charge is 2.05. The molecule has 0 aliphatic carbocycles. The third-order valence-electron chi connectivity index (χ3n) is 1.63. The molecule has 0 amide bonds. The van der Waals surface area contributed by atoms with Crippen LogP contribution in [0.1, 0.15) is 15.9 Å². The maximum Gasteiger partial charge on any atom is 0.339 e. The minimum atomic E-state index is -0.413. The Bertz CT molecular complexity index is 349. The molecule has 0 aromatic heterocycles. The van der Waals surface area contributed by atoms with Crippen LogP contribution in [-0.4, -0.2) is 12.6 Å². The van der Waals surface area contributed by atoms with E-state index < -0.39 is 5.97 Å². The highest BCUT2D eigenvalue weighted by Crippen LogP contribution is 2.07. The van der Waals surface area contributed by atoms with Crippen molar-refractivity contribution in [3.8, 4) is 12.3 Å². The number of terminal acetylenes is 1. The molecule has 0 heterocycles. The van der Waals surface area contributed by atoms with Gasteiger partial charge in [0.1, 0.15) is 0 Å². The second kappa shape index (κ2) is 5.31. The number of hydrogen-bond acceptors (Lipinski definition) is 2. The van der Waals surface area contributed by atoms with Gasteiger partial charge in [-0.3, -0.25) is 0 Å². The van der Waals surface area contributed by atoms with E-state index in [-0.39, 0.29) is 6.61 Å². The van der Waals surface area contributed by atoms with Gasteiger partial charge in [-0.2, -0.15) is 0 Å². The van der Waals surface area contributed by atoms with Gasteiger partial charge in [-0.25, -0.2) is 4.79 Å². The summed E-state index contributed by atoms with van der Waals surface area (Å²) < 4.78 is 4.74. The molecule has 0 saturated heterocycles. The first-order valence-corrected chi connectivity index (χ1v) is 4.57. The van der Waals surface area contributed by atoms with Crippen molar-refractivity contribution in [1.29, 1.82) is 0 Å². The van der Waals surface area contributed by atoms with E-state index in [0.717, 1.165) is 5.56 Å². The summed E-state index contributed by atoms with van der Waals surface area (Å²) in [7, 11) is 0. The molecule has 0 bridgehead atoms. The molecule has 3 heteroatoms. The van der Waals surface area contributed by atoms with E-state index in [4.69, 9.17) is 22.8 Å². The van der Waals surface area contributed by atoms with Crippen LogP contribution < -0.4 is 0 Å². The van der Waals surface area contributed by atoms with Gasteiger partial charge in [0.25, 0.3) is 0 Å². The van der Waals surface area contributed by atoms with E-state index in [2.05, 4.69) is 5.92 Å². The topological polar surface area (TPSA) is 26.3 Å². The molecule has 0 spiro atoms. The van der Waals surface area contributed by atoms with E-state index in [1.165, 1.54) is 0 Å². The molecule has 0 radical (unpaired) electrons. The van der Waals surface area contributed by atoms with E-state index >= 15 is 0 Å². The maximum absolute atomic E-state index is 11.3. The summed E-state index contributed by atoms with van der Waals surface area (Å²) in [6.07, 6.45) is 4.96. The molecule has 1 aromatic carbocycles. The fourth-order valence-electron chi connectivity index (χ4n) is 0.920. The fourth-order valence-corrected chi connectivity index (χ4v) is 1.10. The van der Waals surface area contributed by atoms with Crippen LogP contribution in [-0.2, 0) is 10.6 Å². The van der Waals surface area contributed by atoms with Crippen LogP contribution in [0.5, 0.6) is 0 Å². The first kappa shape index (κ1) is 10.6. The third-order valence-corrected chi connectivity index (χ3v) is 1.94. The van der Waals surface area contributed by atoms with Gasteiger partial charge in [-0.05, 0) is 17.7 Å². The second-order valence-corrected chi connectivity index (χ2v) is 2.88. The maximum atomic E-state index is 11.3. The average molecular weight is 209 g/mol. The van der Waals surface area contributed by atoms with Crippen molar-refractivity contribution in [3.05, 3.63) is 35.4 Å². The number of hydrogen-bond donors (Lipinski definition) is 0. The van der Waals surface area contributed by atoms with Gasteiger partial charge in [0, 0.05) is 5.88 Å². The zero-order valence-electron chi connectivity index (χ0n) is 7.50. The largest absolute Gasteiger partial charge is 0.449 e. The van der Waals surface area contributed by atoms with Crippen molar-refractivity contribution < 1.29 is 9.53 Å². The van der Waals surface area contributed by atoms with Gasteiger partial charge < -0.3 is 4.74 Å². The molecular weight excluding hydrogens is 200 g/mol. The SMILES string of the molecule is C#CCOC(=O)c1ccc(CCl)cc1. The molecule has 14 heavy (non-hydrogen) atoms. The highest BCUT2D eigenvalue weighted by atomic mass is 35.5. The zero-order valence-corrected chi connectivity index (χ0v) is 8.25. The summed E-state index contributed by atoms with van der Waals surface area (Å²) in [5.41, 5.74) is 1.44. The zero-order chi connectivity index (χ0) is 10.4. The van der Waals surface area contributed by atoms with Crippen LogP contribution in [0.2, 0.25) is 0 Å². The predicted molar refractivity (Wildman–Crippen MR) is 55.1 cm³/mol. The molecule has 0 atom stereocenters. The number of rotatable bonds is 3. The predicted octanol–water partition coefficient (Wildman–Crippen LogP) is 2.22. The lowest BCUT2D eigenvalue weighted by Gasteiger charge is -2.01. The van der Waals surface area contributed by atoms with E-state index in [1.54, 1.807) is 24.3 Å². The van der Waals surface area contributed by atoms with Gasteiger partial charge in [0.05, 0.1) is 5.56 Å². The molecule has 0 N–H and O–H groups in total. The quantitative estimate of drug-likeness (QED) is 0.433. The Hall–Kier alpha value is -1.46. The Morgan fingerprint density at radius 1 is 1.43 bits per heavy atom. The Labute approximate surface area is 87.8 Å². The van der Waals surface area contributed by atoms with E-state index in [0.29, 0.717) is 11.4 Å². The standard InChI is InChI=1S/C11H9ClO2/c1-2-7-14-11(13)10-5-3-9(8-12)4-6-10/h1,3-6H,7-8H2. The molecule has 0 aliphatic rings. The first-order valence-electron chi connectivity index (χ1n) is 4.03. The van der Waals surface area contributed by atoms with Crippen molar-refractivity contribution in [2.45, 2.75) is 5.88 Å². The molecule has 1 rings (SSSR count). The lowest BCUT2D eigenvalue weighted by molar-refractivity contribution is 0.0557. The Morgan fingerprint density at radius 2 is 2.07 bits per heavy atom. The smallest absolute Gasteiger partial charge is 0.339 e. The lowest BCUT2D eigenvalue weighted by atomic mass is 10.1. The minimum Gasteiger partial charge on any atom is -0.449 e. The molecule has 2 nitrogen and oxygen atoms in total. The first-order chi connectivity index (χ1) is 6.77. The van der Waals surface area contributed by atoms with Crippen molar-refractivity contribution in [2.75, 3.05) is 6.61 Å². The third kappa shape index (κ3) is 2.79. The number of esters is 1. The Kier molecular flexibility index (Phi) is 4.03. The lowest BCUT2D eigenvalue weighted by Crippen LogP contribution is -2.04. The molecule has 0 fully saturated rings. The highest BCUT2D eigenvalue weighted by molar-refractivity contribution is 6.17. The number of carbonyl (C=O) groups excluding carboxylic acids is 1. The fraction of sp³-hybridized carbons (Fsp3) is 0.182. The van der Waals surface area contributed by atoms with Gasteiger partial charge in [0.15, 0.2) is 6.61 Å². The average Bonchev–Trinajstić information content (AvgIpc) is 2.26. The van der Waals surface area contributed by atoms with Gasteiger partial charge in [-0.1, -0.05) is 18.1 Å². The molecule has 72 valence electrons. The van der Waals surface area contributed by atoms with E-state index in [9.17, 15) is 4.79 Å². The van der Waals surface area contributed by atoms with Crippen LogP contribution in [0.25, 0.3) is 0 Å². The van der Waals surface area contributed by atoms with Crippen molar-refractivity contribution >= 4 is 17.6 Å². The number of benzene rings is 1. The van der Waals surface area contributed by atoms with Gasteiger partial charge >= 0.3 is 5.97 Å². The molecule has 0 unspecified atom stereocenters. The summed E-state index contributed by atoms with van der Waals surface area (Å²) >= 11 is 5.60. The molecule has 1 aromatic rings. The monoisotopic (exact) mass is 208 g/mol. The van der Waals surface area contributed by atoms with E-state index in [1.807, 2.05) is 0 Å². The van der Waals surface area contributed by atoms with Crippen LogP contribution in [0.4, 0.5) is 0 Å². The number of carbonyl (C=O) groups is 1.